The maximum Gasteiger partial charge on any atom is 0.337 e. The quantitative estimate of drug-likeness (QED) is 0.808. The Bertz CT molecular complexity index is 402. The van der Waals surface area contributed by atoms with Crippen LogP contribution in [0.1, 0.15) is 25.0 Å². The molecular formula is C13H18O5. The molecule has 0 radical (unpaired) electrons. The molecule has 5 nitrogen and oxygen atoms in total. The van der Waals surface area contributed by atoms with Crippen LogP contribution in [0.5, 0.6) is 11.5 Å². The highest BCUT2D eigenvalue weighted by atomic mass is 16.5. The zero-order valence-electron chi connectivity index (χ0n) is 10.8. The monoisotopic (exact) mass is 254 g/mol. The number of carboxylic acid groups (broad SMARTS) is 1. The van der Waals surface area contributed by atoms with Crippen molar-refractivity contribution < 1.29 is 24.1 Å². The standard InChI is InChI=1S/C13H18O5/c1-4-7-18-12(13(14)15)9-5-6-10(16-2)11(8-9)17-3/h5-6,8,12H,4,7H2,1-3H3,(H,14,15). The first-order valence-corrected chi connectivity index (χ1v) is 5.70. The third-order valence-electron chi connectivity index (χ3n) is 2.42. The lowest BCUT2D eigenvalue weighted by molar-refractivity contribution is -0.150. The van der Waals surface area contributed by atoms with E-state index in [9.17, 15) is 4.79 Å². The summed E-state index contributed by atoms with van der Waals surface area (Å²) in [7, 11) is 3.03. The largest absolute Gasteiger partial charge is 0.493 e. The van der Waals surface area contributed by atoms with Gasteiger partial charge in [0.1, 0.15) is 0 Å². The number of rotatable bonds is 7. The molecule has 100 valence electrons. The summed E-state index contributed by atoms with van der Waals surface area (Å²) in [6, 6.07) is 4.95. The predicted molar refractivity (Wildman–Crippen MR) is 66.2 cm³/mol. The summed E-state index contributed by atoms with van der Waals surface area (Å²) in [5, 5.41) is 9.15. The number of hydrogen-bond acceptors (Lipinski definition) is 4. The van der Waals surface area contributed by atoms with Gasteiger partial charge in [0.05, 0.1) is 14.2 Å². The summed E-state index contributed by atoms with van der Waals surface area (Å²) in [6.45, 7) is 2.32. The molecule has 1 atom stereocenters. The van der Waals surface area contributed by atoms with Crippen molar-refractivity contribution in [3.8, 4) is 11.5 Å². The van der Waals surface area contributed by atoms with Gasteiger partial charge in [-0.05, 0) is 24.1 Å². The van der Waals surface area contributed by atoms with E-state index in [1.807, 2.05) is 6.92 Å². The molecule has 0 aliphatic heterocycles. The minimum Gasteiger partial charge on any atom is -0.493 e. The van der Waals surface area contributed by atoms with Crippen molar-refractivity contribution in [1.82, 2.24) is 0 Å². The highest BCUT2D eigenvalue weighted by molar-refractivity contribution is 5.74. The number of ether oxygens (including phenoxy) is 3. The normalized spacial score (nSPS) is 11.9. The van der Waals surface area contributed by atoms with Gasteiger partial charge in [-0.3, -0.25) is 0 Å². The van der Waals surface area contributed by atoms with E-state index in [1.54, 1.807) is 18.2 Å². The van der Waals surface area contributed by atoms with E-state index in [-0.39, 0.29) is 0 Å². The smallest absolute Gasteiger partial charge is 0.337 e. The van der Waals surface area contributed by atoms with Crippen molar-refractivity contribution in [3.05, 3.63) is 23.8 Å². The molecule has 0 aromatic heterocycles. The van der Waals surface area contributed by atoms with Gasteiger partial charge in [0.25, 0.3) is 0 Å². The third kappa shape index (κ3) is 3.37. The topological polar surface area (TPSA) is 65.0 Å². The Morgan fingerprint density at radius 3 is 2.44 bits per heavy atom. The molecule has 1 aromatic carbocycles. The number of hydrogen-bond donors (Lipinski definition) is 1. The molecule has 0 saturated carbocycles. The summed E-state index contributed by atoms with van der Waals surface area (Å²) in [6.07, 6.45) is -0.221. The van der Waals surface area contributed by atoms with Gasteiger partial charge >= 0.3 is 5.97 Å². The van der Waals surface area contributed by atoms with Crippen molar-refractivity contribution in [2.75, 3.05) is 20.8 Å². The lowest BCUT2D eigenvalue weighted by Crippen LogP contribution is -2.16. The summed E-state index contributed by atoms with van der Waals surface area (Å²) < 4.78 is 15.6. The lowest BCUT2D eigenvalue weighted by atomic mass is 10.1. The number of carbonyl (C=O) groups is 1. The average Bonchev–Trinajstić information content (AvgIpc) is 2.38. The van der Waals surface area contributed by atoms with E-state index in [2.05, 4.69) is 0 Å². The van der Waals surface area contributed by atoms with Crippen molar-refractivity contribution in [2.45, 2.75) is 19.4 Å². The fourth-order valence-electron chi connectivity index (χ4n) is 1.56. The molecule has 0 spiro atoms. The second-order valence-electron chi connectivity index (χ2n) is 3.70. The molecule has 0 fully saturated rings. The minimum absolute atomic E-state index is 0.394. The van der Waals surface area contributed by atoms with E-state index >= 15 is 0 Å². The van der Waals surface area contributed by atoms with Crippen LogP contribution in [0.15, 0.2) is 18.2 Å². The molecule has 1 aromatic rings. The SMILES string of the molecule is CCCOC(C(=O)O)c1ccc(OC)c(OC)c1. The Hall–Kier alpha value is -1.75. The lowest BCUT2D eigenvalue weighted by Gasteiger charge is -2.15. The van der Waals surface area contributed by atoms with Gasteiger partial charge in [0, 0.05) is 6.61 Å². The highest BCUT2D eigenvalue weighted by Crippen LogP contribution is 2.31. The van der Waals surface area contributed by atoms with Crippen molar-refractivity contribution in [1.29, 1.82) is 0 Å². The molecule has 0 aliphatic carbocycles. The van der Waals surface area contributed by atoms with Crippen LogP contribution in [0, 0.1) is 0 Å². The van der Waals surface area contributed by atoms with Gasteiger partial charge in [-0.1, -0.05) is 13.0 Å². The van der Waals surface area contributed by atoms with Gasteiger partial charge in [-0.15, -0.1) is 0 Å². The first-order valence-electron chi connectivity index (χ1n) is 5.70. The van der Waals surface area contributed by atoms with Crippen LogP contribution in [-0.2, 0) is 9.53 Å². The van der Waals surface area contributed by atoms with E-state index in [4.69, 9.17) is 19.3 Å². The van der Waals surface area contributed by atoms with E-state index in [0.717, 1.165) is 6.42 Å². The van der Waals surface area contributed by atoms with Gasteiger partial charge in [0.15, 0.2) is 17.6 Å². The molecule has 1 unspecified atom stereocenters. The van der Waals surface area contributed by atoms with E-state index < -0.39 is 12.1 Å². The van der Waals surface area contributed by atoms with Gasteiger partial charge in [0.2, 0.25) is 0 Å². The molecule has 18 heavy (non-hydrogen) atoms. The number of carboxylic acids is 1. The molecule has 1 rings (SSSR count). The van der Waals surface area contributed by atoms with Crippen LogP contribution in [0.25, 0.3) is 0 Å². The molecular weight excluding hydrogens is 236 g/mol. The van der Waals surface area contributed by atoms with Crippen LogP contribution in [0.2, 0.25) is 0 Å². The maximum absolute atomic E-state index is 11.2. The van der Waals surface area contributed by atoms with Crippen molar-refractivity contribution in [3.63, 3.8) is 0 Å². The second-order valence-corrected chi connectivity index (χ2v) is 3.70. The molecule has 0 heterocycles. The van der Waals surface area contributed by atoms with Crippen molar-refractivity contribution in [2.24, 2.45) is 0 Å². The second kappa shape index (κ2) is 6.86. The Morgan fingerprint density at radius 2 is 1.94 bits per heavy atom. The molecule has 0 saturated heterocycles. The Morgan fingerprint density at radius 1 is 1.28 bits per heavy atom. The van der Waals surface area contributed by atoms with Crippen molar-refractivity contribution >= 4 is 5.97 Å². The zero-order valence-corrected chi connectivity index (χ0v) is 10.8. The van der Waals surface area contributed by atoms with Crippen LogP contribution in [-0.4, -0.2) is 31.9 Å². The molecule has 1 N–H and O–H groups in total. The zero-order chi connectivity index (χ0) is 13.5. The van der Waals surface area contributed by atoms with E-state index in [1.165, 1.54) is 14.2 Å². The summed E-state index contributed by atoms with van der Waals surface area (Å²) in [5.74, 6) is 0.0258. The van der Waals surface area contributed by atoms with Crippen LogP contribution in [0.3, 0.4) is 0 Å². The number of methoxy groups -OCH3 is 2. The Labute approximate surface area is 106 Å². The minimum atomic E-state index is -1.02. The first kappa shape index (κ1) is 14.3. The summed E-state index contributed by atoms with van der Waals surface area (Å²) in [5.41, 5.74) is 0.536. The third-order valence-corrected chi connectivity index (χ3v) is 2.42. The molecule has 5 heteroatoms. The maximum atomic E-state index is 11.2. The molecule has 0 amide bonds. The Balaban J connectivity index is 3.01. The Kier molecular flexibility index (Phi) is 5.45. The number of benzene rings is 1. The first-order chi connectivity index (χ1) is 8.63. The average molecular weight is 254 g/mol. The van der Waals surface area contributed by atoms with Gasteiger partial charge in [-0.2, -0.15) is 0 Å². The summed E-state index contributed by atoms with van der Waals surface area (Å²) in [4.78, 5) is 11.2. The van der Waals surface area contributed by atoms with E-state index in [0.29, 0.717) is 23.7 Å². The molecule has 0 aliphatic rings. The molecule has 0 bridgehead atoms. The number of aliphatic carboxylic acids is 1. The fourth-order valence-corrected chi connectivity index (χ4v) is 1.56. The van der Waals surface area contributed by atoms with Crippen LogP contribution < -0.4 is 9.47 Å². The van der Waals surface area contributed by atoms with Crippen LogP contribution >= 0.6 is 0 Å². The summed E-state index contributed by atoms with van der Waals surface area (Å²) >= 11 is 0. The predicted octanol–water partition coefficient (Wildman–Crippen LogP) is 2.26. The fraction of sp³-hybridized carbons (Fsp3) is 0.462. The van der Waals surface area contributed by atoms with Gasteiger partial charge in [-0.25, -0.2) is 4.79 Å². The highest BCUT2D eigenvalue weighted by Gasteiger charge is 2.21. The van der Waals surface area contributed by atoms with Gasteiger partial charge < -0.3 is 19.3 Å². The van der Waals surface area contributed by atoms with Crippen LogP contribution in [0.4, 0.5) is 0 Å².